The van der Waals surface area contributed by atoms with Crippen LogP contribution in [0.5, 0.6) is 0 Å². The fraction of sp³-hybridized carbons (Fsp3) is 0.238. The van der Waals surface area contributed by atoms with Gasteiger partial charge in [-0.05, 0) is 6.92 Å². The number of nitrogens with zero attached hydrogens (tertiary/aromatic N) is 3. The minimum Gasteiger partial charge on any atom is -0.399 e. The molecule has 0 aromatic heterocycles. The van der Waals surface area contributed by atoms with Gasteiger partial charge in [0.25, 0.3) is 5.91 Å². The number of hydrogen-bond acceptors (Lipinski definition) is 7. The number of nitrogens with one attached hydrogen (secondary N) is 1. The molecule has 0 bridgehead atoms. The predicted octanol–water partition coefficient (Wildman–Crippen LogP) is 2.73. The average molecular weight is 396 g/mol. The quantitative estimate of drug-likeness (QED) is 0.521. The summed E-state index contributed by atoms with van der Waals surface area (Å²) in [6, 6.07) is 16.8. The summed E-state index contributed by atoms with van der Waals surface area (Å²) >= 11 is 0. The number of oxime groups is 3. The first-order valence-corrected chi connectivity index (χ1v) is 8.87. The Hall–Kier alpha value is -3.68. The molecule has 0 atom stereocenters. The van der Waals surface area contributed by atoms with Crippen molar-refractivity contribution in [2.24, 2.45) is 15.5 Å². The van der Waals surface area contributed by atoms with Gasteiger partial charge in [-0.3, -0.25) is 4.79 Å². The lowest BCUT2D eigenvalue weighted by molar-refractivity contribution is -0.114. The first-order valence-electron chi connectivity index (χ1n) is 8.87. The summed E-state index contributed by atoms with van der Waals surface area (Å²) in [6.07, 6.45) is 0. The van der Waals surface area contributed by atoms with Gasteiger partial charge in [0.05, 0.1) is 0 Å². The highest BCUT2D eigenvalue weighted by Crippen LogP contribution is 2.13. The van der Waals surface area contributed by atoms with E-state index in [-0.39, 0.29) is 18.2 Å². The van der Waals surface area contributed by atoms with Crippen LogP contribution in [0, 0.1) is 0 Å². The Morgan fingerprint density at radius 1 is 0.897 bits per heavy atom. The number of rotatable bonds is 9. The van der Waals surface area contributed by atoms with Crippen molar-refractivity contribution in [2.45, 2.75) is 13.5 Å². The molecule has 0 aliphatic carbocycles. The van der Waals surface area contributed by atoms with Crippen molar-refractivity contribution in [1.29, 1.82) is 0 Å². The van der Waals surface area contributed by atoms with Gasteiger partial charge in [0, 0.05) is 23.7 Å². The molecule has 29 heavy (non-hydrogen) atoms. The lowest BCUT2D eigenvalue weighted by Gasteiger charge is -2.10. The number of hydrogen-bond donors (Lipinski definition) is 1. The Labute approximate surface area is 169 Å². The second-order valence-electron chi connectivity index (χ2n) is 5.80. The smallest absolute Gasteiger partial charge is 0.273 e. The fourth-order valence-corrected chi connectivity index (χ4v) is 2.56. The summed E-state index contributed by atoms with van der Waals surface area (Å²) in [7, 11) is 4.39. The molecule has 0 unspecified atom stereocenters. The summed E-state index contributed by atoms with van der Waals surface area (Å²) in [4.78, 5) is 27.4. The molecule has 8 nitrogen and oxygen atoms in total. The minimum atomic E-state index is -0.363. The molecular weight excluding hydrogens is 372 g/mol. The highest BCUT2D eigenvalue weighted by atomic mass is 16.6. The number of carbonyl (C=O) groups excluding carboxylic acids is 1. The maximum Gasteiger partial charge on any atom is 0.273 e. The van der Waals surface area contributed by atoms with Crippen molar-refractivity contribution in [1.82, 2.24) is 5.32 Å². The SMILES string of the molecule is CNC(=O)/C(=N\OC)c1ccccc1CO/N=C(/C)C(=NOC)c1ccccc1. The molecule has 1 amide bonds. The third-order valence-corrected chi connectivity index (χ3v) is 3.89. The molecule has 0 aliphatic heterocycles. The van der Waals surface area contributed by atoms with Crippen molar-refractivity contribution >= 4 is 23.0 Å². The van der Waals surface area contributed by atoms with Crippen LogP contribution in [0.1, 0.15) is 23.6 Å². The van der Waals surface area contributed by atoms with Gasteiger partial charge < -0.3 is 19.8 Å². The number of benzene rings is 2. The van der Waals surface area contributed by atoms with Gasteiger partial charge in [-0.2, -0.15) is 0 Å². The van der Waals surface area contributed by atoms with Gasteiger partial charge in [0.15, 0.2) is 5.71 Å². The summed E-state index contributed by atoms with van der Waals surface area (Å²) in [6.45, 7) is 1.90. The standard InChI is InChI=1S/C21H24N4O4/c1-15(19(24-27-3)16-10-6-5-7-11-16)23-29-14-17-12-8-9-13-18(17)20(25-28-4)21(26)22-2/h5-13H,14H2,1-4H3,(H,22,26)/b23-15-,24-19?,25-20-. The molecule has 8 heteroatoms. The van der Waals surface area contributed by atoms with Crippen molar-refractivity contribution in [2.75, 3.05) is 21.3 Å². The Bertz CT molecular complexity index is 908. The molecule has 0 heterocycles. The Morgan fingerprint density at radius 3 is 2.17 bits per heavy atom. The first kappa shape index (κ1) is 21.6. The Kier molecular flexibility index (Phi) is 8.37. The third-order valence-electron chi connectivity index (χ3n) is 3.89. The molecule has 0 spiro atoms. The second kappa shape index (κ2) is 11.2. The molecule has 2 rings (SSSR count). The molecule has 2 aromatic rings. The zero-order valence-corrected chi connectivity index (χ0v) is 16.9. The zero-order chi connectivity index (χ0) is 21.1. The van der Waals surface area contributed by atoms with Gasteiger partial charge in [-0.15, -0.1) is 0 Å². The third kappa shape index (κ3) is 5.90. The van der Waals surface area contributed by atoms with Gasteiger partial charge in [0.1, 0.15) is 32.2 Å². The van der Waals surface area contributed by atoms with Crippen LogP contribution in [0.25, 0.3) is 0 Å². The van der Waals surface area contributed by atoms with E-state index >= 15 is 0 Å². The molecule has 0 radical (unpaired) electrons. The molecule has 0 fully saturated rings. The highest BCUT2D eigenvalue weighted by Gasteiger charge is 2.17. The van der Waals surface area contributed by atoms with E-state index in [4.69, 9.17) is 14.5 Å². The summed E-state index contributed by atoms with van der Waals surface area (Å²) in [5.74, 6) is -0.363. The van der Waals surface area contributed by atoms with E-state index in [1.807, 2.05) is 42.5 Å². The van der Waals surface area contributed by atoms with Gasteiger partial charge in [0.2, 0.25) is 0 Å². The van der Waals surface area contributed by atoms with E-state index in [1.54, 1.807) is 19.1 Å². The number of amides is 1. The summed E-state index contributed by atoms with van der Waals surface area (Å²) in [5, 5.41) is 14.6. The van der Waals surface area contributed by atoms with Crippen LogP contribution in [0.4, 0.5) is 0 Å². The van der Waals surface area contributed by atoms with E-state index in [2.05, 4.69) is 20.8 Å². The minimum absolute atomic E-state index is 0.127. The monoisotopic (exact) mass is 396 g/mol. The first-order chi connectivity index (χ1) is 14.1. The van der Waals surface area contributed by atoms with E-state index in [0.29, 0.717) is 17.0 Å². The van der Waals surface area contributed by atoms with E-state index < -0.39 is 0 Å². The summed E-state index contributed by atoms with van der Waals surface area (Å²) in [5.41, 5.74) is 3.44. The maximum absolute atomic E-state index is 12.1. The highest BCUT2D eigenvalue weighted by molar-refractivity contribution is 6.47. The molecule has 0 aliphatic rings. The Balaban J connectivity index is 2.23. The molecule has 1 N–H and O–H groups in total. The van der Waals surface area contributed by atoms with Crippen LogP contribution in [0.2, 0.25) is 0 Å². The Morgan fingerprint density at radius 2 is 1.52 bits per heavy atom. The van der Waals surface area contributed by atoms with Crippen LogP contribution in [-0.4, -0.2) is 44.3 Å². The topological polar surface area (TPSA) is 93.9 Å². The van der Waals surface area contributed by atoms with E-state index in [0.717, 1.165) is 11.1 Å². The van der Waals surface area contributed by atoms with E-state index in [1.165, 1.54) is 21.3 Å². The second-order valence-corrected chi connectivity index (χ2v) is 5.80. The fourth-order valence-electron chi connectivity index (χ4n) is 2.56. The van der Waals surface area contributed by atoms with Crippen molar-refractivity contribution in [3.05, 3.63) is 71.3 Å². The molecule has 0 saturated heterocycles. The van der Waals surface area contributed by atoms with Crippen LogP contribution in [0.15, 0.2) is 70.1 Å². The summed E-state index contributed by atoms with van der Waals surface area (Å²) < 4.78 is 0. The predicted molar refractivity (Wildman–Crippen MR) is 112 cm³/mol. The number of likely N-dealkylation sites (N-methyl/N-ethyl adjacent to an activating group) is 1. The largest absolute Gasteiger partial charge is 0.399 e. The van der Waals surface area contributed by atoms with Crippen molar-refractivity contribution in [3.63, 3.8) is 0 Å². The maximum atomic E-state index is 12.1. The van der Waals surface area contributed by atoms with Crippen molar-refractivity contribution < 1.29 is 19.3 Å². The molecule has 2 aromatic carbocycles. The zero-order valence-electron chi connectivity index (χ0n) is 16.9. The normalized spacial score (nSPS) is 12.3. The lowest BCUT2D eigenvalue weighted by atomic mass is 10.0. The average Bonchev–Trinajstić information content (AvgIpc) is 2.76. The van der Waals surface area contributed by atoms with Crippen LogP contribution in [-0.2, 0) is 25.9 Å². The van der Waals surface area contributed by atoms with Crippen LogP contribution < -0.4 is 5.32 Å². The van der Waals surface area contributed by atoms with Crippen molar-refractivity contribution in [3.8, 4) is 0 Å². The van der Waals surface area contributed by atoms with Gasteiger partial charge in [-0.25, -0.2) is 0 Å². The lowest BCUT2D eigenvalue weighted by Crippen LogP contribution is -2.29. The van der Waals surface area contributed by atoms with Crippen LogP contribution in [0.3, 0.4) is 0 Å². The van der Waals surface area contributed by atoms with Crippen LogP contribution >= 0.6 is 0 Å². The van der Waals surface area contributed by atoms with Gasteiger partial charge >= 0.3 is 0 Å². The molecule has 0 saturated carbocycles. The molecule has 152 valence electrons. The van der Waals surface area contributed by atoms with Gasteiger partial charge in [-0.1, -0.05) is 70.1 Å². The number of carbonyl (C=O) groups is 1. The van der Waals surface area contributed by atoms with E-state index in [9.17, 15) is 4.79 Å². The molecular formula is C21H24N4O4.